The Kier molecular flexibility index (Phi) is 4.28. The number of aryl methyl sites for hydroxylation is 1. The number of nitrogens with zero attached hydrogens (tertiary/aromatic N) is 2. The van der Waals surface area contributed by atoms with E-state index in [1.54, 1.807) is 25.1 Å². The van der Waals surface area contributed by atoms with Gasteiger partial charge >= 0.3 is 0 Å². The molecule has 28 heavy (non-hydrogen) atoms. The highest BCUT2D eigenvalue weighted by Crippen LogP contribution is 2.46. The largest absolute Gasteiger partial charge is 0.508 e. The molecule has 1 aliphatic heterocycles. The first-order chi connectivity index (χ1) is 13.3. The minimum atomic E-state index is -3.51. The molecule has 5 nitrogen and oxygen atoms in total. The molecule has 6 heteroatoms. The topological polar surface area (TPSA) is 81.4 Å². The Labute approximate surface area is 164 Å². The average Bonchev–Trinajstić information content (AvgIpc) is 3.07. The van der Waals surface area contributed by atoms with Crippen LogP contribution in [0.1, 0.15) is 35.2 Å². The lowest BCUT2D eigenvalue weighted by atomic mass is 9.98. The van der Waals surface area contributed by atoms with Crippen LogP contribution in [0.5, 0.6) is 5.75 Å². The number of benzene rings is 3. The van der Waals surface area contributed by atoms with Crippen molar-refractivity contribution in [1.29, 1.82) is 5.26 Å². The summed E-state index contributed by atoms with van der Waals surface area (Å²) >= 11 is 0. The maximum absolute atomic E-state index is 13.0. The van der Waals surface area contributed by atoms with Crippen molar-refractivity contribution < 1.29 is 13.5 Å². The first-order valence-electron chi connectivity index (χ1n) is 9.12. The highest BCUT2D eigenvalue weighted by molar-refractivity contribution is 7.92. The summed E-state index contributed by atoms with van der Waals surface area (Å²) in [6.45, 7) is 3.46. The number of sulfonamides is 1. The highest BCUT2D eigenvalue weighted by atomic mass is 32.2. The third kappa shape index (κ3) is 2.88. The highest BCUT2D eigenvalue weighted by Gasteiger charge is 2.39. The molecule has 0 spiro atoms. The fraction of sp³-hybridized carbons (Fsp3) is 0.227. The van der Waals surface area contributed by atoms with E-state index < -0.39 is 10.0 Å². The van der Waals surface area contributed by atoms with Crippen LogP contribution in [0.4, 0.5) is 5.69 Å². The molecule has 0 bridgehead atoms. The summed E-state index contributed by atoms with van der Waals surface area (Å²) in [7, 11) is -3.51. The van der Waals surface area contributed by atoms with Crippen LogP contribution in [-0.4, -0.2) is 19.3 Å². The monoisotopic (exact) mass is 392 g/mol. The van der Waals surface area contributed by atoms with E-state index in [4.69, 9.17) is 0 Å². The fourth-order valence-electron chi connectivity index (χ4n) is 4.02. The van der Waals surface area contributed by atoms with E-state index in [-0.39, 0.29) is 17.5 Å². The number of rotatable bonds is 3. The molecule has 1 heterocycles. The van der Waals surface area contributed by atoms with Gasteiger partial charge in [-0.1, -0.05) is 18.2 Å². The van der Waals surface area contributed by atoms with E-state index in [0.29, 0.717) is 17.7 Å². The van der Waals surface area contributed by atoms with Crippen LogP contribution < -0.4 is 4.31 Å². The second-order valence-corrected chi connectivity index (χ2v) is 9.25. The van der Waals surface area contributed by atoms with Crippen molar-refractivity contribution in [1.82, 2.24) is 0 Å². The number of nitriles is 1. The summed E-state index contributed by atoms with van der Waals surface area (Å²) in [5.74, 6) is 0.137. The molecule has 3 aromatic rings. The lowest BCUT2D eigenvalue weighted by Gasteiger charge is -2.28. The molecule has 1 N–H and O–H groups in total. The van der Waals surface area contributed by atoms with Gasteiger partial charge in [0.25, 0.3) is 0 Å². The molecule has 0 amide bonds. The van der Waals surface area contributed by atoms with Crippen molar-refractivity contribution in [2.45, 2.75) is 26.3 Å². The second-order valence-electron chi connectivity index (χ2n) is 7.12. The van der Waals surface area contributed by atoms with Crippen LogP contribution in [-0.2, 0) is 16.4 Å². The fourth-order valence-corrected chi connectivity index (χ4v) is 5.42. The number of phenols is 1. The Morgan fingerprint density at radius 2 is 1.89 bits per heavy atom. The molecule has 0 aromatic heterocycles. The Morgan fingerprint density at radius 1 is 1.14 bits per heavy atom. The zero-order valence-electron chi connectivity index (χ0n) is 15.7. The van der Waals surface area contributed by atoms with Crippen LogP contribution in [0.15, 0.2) is 48.5 Å². The normalized spacial score (nSPS) is 16.2. The summed E-state index contributed by atoms with van der Waals surface area (Å²) in [6.07, 6.45) is 0.493. The Bertz CT molecular complexity index is 1240. The maximum atomic E-state index is 13.0. The number of hydrogen-bond acceptors (Lipinski definition) is 4. The number of hydrogen-bond donors (Lipinski definition) is 1. The summed E-state index contributed by atoms with van der Waals surface area (Å²) in [6, 6.07) is 16.3. The van der Waals surface area contributed by atoms with Crippen molar-refractivity contribution in [2.24, 2.45) is 0 Å². The van der Waals surface area contributed by atoms with Crippen molar-refractivity contribution >= 4 is 26.5 Å². The van der Waals surface area contributed by atoms with E-state index in [2.05, 4.69) is 6.07 Å². The van der Waals surface area contributed by atoms with Gasteiger partial charge in [0.1, 0.15) is 5.75 Å². The van der Waals surface area contributed by atoms with Gasteiger partial charge in [0.2, 0.25) is 10.0 Å². The standard InChI is InChI=1S/C22H20N2O3S/c1-3-28(26,27)24-21(12-19-11-20(25)8-14(2)22(19)24)17-7-6-16-5-4-15(13-23)9-18(16)10-17/h4-11,21,25H,3,12H2,1-2H3. The van der Waals surface area contributed by atoms with Crippen molar-refractivity contribution in [3.63, 3.8) is 0 Å². The van der Waals surface area contributed by atoms with Gasteiger partial charge < -0.3 is 5.11 Å². The molecule has 0 aliphatic carbocycles. The third-order valence-electron chi connectivity index (χ3n) is 5.32. The minimum Gasteiger partial charge on any atom is -0.508 e. The molecule has 1 atom stereocenters. The van der Waals surface area contributed by atoms with Gasteiger partial charge in [-0.3, -0.25) is 4.31 Å². The van der Waals surface area contributed by atoms with Crippen LogP contribution in [0.3, 0.4) is 0 Å². The van der Waals surface area contributed by atoms with Crippen LogP contribution in [0.2, 0.25) is 0 Å². The summed E-state index contributed by atoms with van der Waals surface area (Å²) in [5, 5.41) is 21.1. The van der Waals surface area contributed by atoms with Gasteiger partial charge in [0.15, 0.2) is 0 Å². The van der Waals surface area contributed by atoms with Crippen LogP contribution >= 0.6 is 0 Å². The molecule has 1 unspecified atom stereocenters. The zero-order valence-corrected chi connectivity index (χ0v) is 16.5. The van der Waals surface area contributed by atoms with Gasteiger partial charge in [-0.2, -0.15) is 5.26 Å². The predicted molar refractivity (Wildman–Crippen MR) is 110 cm³/mol. The average molecular weight is 392 g/mol. The second kappa shape index (κ2) is 6.54. The van der Waals surface area contributed by atoms with E-state index in [9.17, 15) is 18.8 Å². The molecule has 0 radical (unpaired) electrons. The lowest BCUT2D eigenvalue weighted by Crippen LogP contribution is -2.33. The molecule has 1 aliphatic rings. The Morgan fingerprint density at radius 3 is 2.61 bits per heavy atom. The molecule has 0 saturated carbocycles. The van der Waals surface area contributed by atoms with Gasteiger partial charge in [-0.15, -0.1) is 0 Å². The number of aromatic hydroxyl groups is 1. The van der Waals surface area contributed by atoms with Crippen molar-refractivity contribution in [3.8, 4) is 11.8 Å². The third-order valence-corrected chi connectivity index (χ3v) is 7.09. The smallest absolute Gasteiger partial charge is 0.235 e. The molecule has 0 fully saturated rings. The summed E-state index contributed by atoms with van der Waals surface area (Å²) in [4.78, 5) is 0. The van der Waals surface area contributed by atoms with E-state index in [1.165, 1.54) is 4.31 Å². The summed E-state index contributed by atoms with van der Waals surface area (Å²) < 4.78 is 27.4. The Hall–Kier alpha value is -3.04. The summed E-state index contributed by atoms with van der Waals surface area (Å²) in [5.41, 5.74) is 3.66. The van der Waals surface area contributed by atoms with Crippen LogP contribution in [0, 0.1) is 18.3 Å². The van der Waals surface area contributed by atoms with Gasteiger partial charge in [0, 0.05) is 6.42 Å². The van der Waals surface area contributed by atoms with Crippen LogP contribution in [0.25, 0.3) is 10.8 Å². The van der Waals surface area contributed by atoms with E-state index in [0.717, 1.165) is 27.5 Å². The quantitative estimate of drug-likeness (QED) is 0.725. The lowest BCUT2D eigenvalue weighted by molar-refractivity contribution is 0.474. The number of fused-ring (bicyclic) bond motifs is 2. The van der Waals surface area contributed by atoms with E-state index >= 15 is 0 Å². The molecular formula is C22H20N2O3S. The zero-order chi connectivity index (χ0) is 20.1. The molecule has 0 saturated heterocycles. The van der Waals surface area contributed by atoms with E-state index in [1.807, 2.05) is 37.3 Å². The molecule has 4 rings (SSSR count). The maximum Gasteiger partial charge on any atom is 0.235 e. The first kappa shape index (κ1) is 18.3. The Balaban J connectivity index is 1.90. The first-order valence-corrected chi connectivity index (χ1v) is 10.7. The molecular weight excluding hydrogens is 372 g/mol. The molecule has 142 valence electrons. The van der Waals surface area contributed by atoms with Crippen molar-refractivity contribution in [3.05, 3.63) is 70.8 Å². The predicted octanol–water partition coefficient (Wildman–Crippen LogP) is 4.18. The van der Waals surface area contributed by atoms with Gasteiger partial charge in [-0.25, -0.2) is 8.42 Å². The van der Waals surface area contributed by atoms with Crippen molar-refractivity contribution in [2.75, 3.05) is 10.1 Å². The molecule has 3 aromatic carbocycles. The van der Waals surface area contributed by atoms with Gasteiger partial charge in [0.05, 0.1) is 29.1 Å². The number of anilines is 1. The van der Waals surface area contributed by atoms with Gasteiger partial charge in [-0.05, 0) is 71.6 Å². The minimum absolute atomic E-state index is 0.00455. The number of phenolic OH excluding ortho intramolecular Hbond substituents is 1. The SMILES string of the molecule is CCS(=O)(=O)N1c2c(C)cc(O)cc2CC1c1ccc2ccc(C#N)cc2c1.